The van der Waals surface area contributed by atoms with Crippen molar-refractivity contribution in [2.24, 2.45) is 5.16 Å². The molecule has 0 saturated carbocycles. The number of rotatable bonds is 6. The summed E-state index contributed by atoms with van der Waals surface area (Å²) in [5.74, 6) is -2.82. The average Bonchev–Trinajstić information content (AvgIpc) is 3.26. The zero-order valence-corrected chi connectivity index (χ0v) is 21.8. The fraction of sp³-hybridized carbons (Fsp3) is 0.417. The van der Waals surface area contributed by atoms with Gasteiger partial charge in [0.1, 0.15) is 5.82 Å². The average molecular weight is 617 g/mol. The lowest BCUT2D eigenvalue weighted by Gasteiger charge is -2.37. The number of sulfonamides is 1. The molecule has 7 nitrogen and oxygen atoms in total. The number of oxime groups is 1. The van der Waals surface area contributed by atoms with E-state index in [9.17, 15) is 52.7 Å². The van der Waals surface area contributed by atoms with Gasteiger partial charge in [0.05, 0.1) is 35.6 Å². The van der Waals surface area contributed by atoms with Crippen molar-refractivity contribution in [3.05, 3.63) is 69.5 Å². The molecule has 41 heavy (non-hydrogen) atoms. The molecule has 2 aromatic rings. The highest BCUT2D eigenvalue weighted by Crippen LogP contribution is 2.51. The number of amides is 1. The van der Waals surface area contributed by atoms with Crippen LogP contribution in [0.1, 0.15) is 51.0 Å². The van der Waals surface area contributed by atoms with Crippen LogP contribution < -0.4 is 5.32 Å². The van der Waals surface area contributed by atoms with E-state index in [1.165, 1.54) is 25.1 Å². The van der Waals surface area contributed by atoms with E-state index in [1.54, 1.807) is 0 Å². The van der Waals surface area contributed by atoms with Crippen LogP contribution in [0.5, 0.6) is 0 Å². The van der Waals surface area contributed by atoms with E-state index in [-0.39, 0.29) is 41.9 Å². The number of carbonyl (C=O) groups excluding carboxylic acids is 1. The van der Waals surface area contributed by atoms with Crippen LogP contribution in [-0.2, 0) is 26.6 Å². The van der Waals surface area contributed by atoms with Crippen LogP contribution in [-0.4, -0.2) is 55.9 Å². The van der Waals surface area contributed by atoms with Gasteiger partial charge in [0.25, 0.3) is 17.9 Å². The molecule has 1 saturated heterocycles. The predicted molar refractivity (Wildman–Crippen MR) is 125 cm³/mol. The van der Waals surface area contributed by atoms with Gasteiger partial charge in [0, 0.05) is 24.2 Å². The second-order valence-corrected chi connectivity index (χ2v) is 11.6. The first kappa shape index (κ1) is 30.6. The molecule has 0 aliphatic carbocycles. The van der Waals surface area contributed by atoms with E-state index in [1.807, 2.05) is 0 Å². The van der Waals surface area contributed by atoms with Crippen LogP contribution in [0.15, 0.2) is 35.5 Å². The predicted octanol–water partition coefficient (Wildman–Crippen LogP) is 5.05. The Morgan fingerprint density at radius 2 is 1.76 bits per heavy atom. The van der Waals surface area contributed by atoms with Crippen LogP contribution in [0.25, 0.3) is 0 Å². The highest BCUT2D eigenvalue weighted by Gasteiger charge is 2.64. The first-order valence-corrected chi connectivity index (χ1v) is 13.5. The van der Waals surface area contributed by atoms with Crippen molar-refractivity contribution in [3.63, 3.8) is 0 Å². The number of carbonyl (C=O) groups is 1. The fourth-order valence-electron chi connectivity index (χ4n) is 4.46. The smallest absolute Gasteiger partial charge is 0.374 e. The first-order chi connectivity index (χ1) is 18.7. The molecule has 17 heteroatoms. The third kappa shape index (κ3) is 5.73. The van der Waals surface area contributed by atoms with Crippen LogP contribution in [0, 0.1) is 12.7 Å². The van der Waals surface area contributed by atoms with Gasteiger partial charge in [-0.15, -0.1) is 0 Å². The van der Waals surface area contributed by atoms with Crippen molar-refractivity contribution in [1.29, 1.82) is 0 Å². The molecule has 0 spiro atoms. The molecule has 1 atom stereocenters. The molecular weight excluding hydrogens is 597 g/mol. The Morgan fingerprint density at radius 3 is 2.27 bits per heavy atom. The Bertz CT molecular complexity index is 1520. The lowest BCUT2D eigenvalue weighted by molar-refractivity contribution is -0.277. The van der Waals surface area contributed by atoms with Gasteiger partial charge in [-0.2, -0.15) is 30.6 Å². The second kappa shape index (κ2) is 10.2. The van der Waals surface area contributed by atoms with Gasteiger partial charge in [-0.3, -0.25) is 4.79 Å². The van der Waals surface area contributed by atoms with Crippen LogP contribution in [0.4, 0.5) is 39.5 Å². The quantitative estimate of drug-likeness (QED) is 0.460. The van der Waals surface area contributed by atoms with Crippen molar-refractivity contribution in [1.82, 2.24) is 9.62 Å². The summed E-state index contributed by atoms with van der Waals surface area (Å²) in [6.07, 6.45) is -15.2. The summed E-state index contributed by atoms with van der Waals surface area (Å²) >= 11 is 0. The maximum Gasteiger partial charge on any atom is 0.435 e. The highest BCUT2D eigenvalue weighted by atomic mass is 32.2. The Labute approximate surface area is 227 Å². The van der Waals surface area contributed by atoms with Crippen molar-refractivity contribution >= 4 is 21.6 Å². The Kier molecular flexibility index (Phi) is 7.60. The summed E-state index contributed by atoms with van der Waals surface area (Å²) in [4.78, 5) is 17.2. The Hall–Kier alpha value is -3.34. The summed E-state index contributed by atoms with van der Waals surface area (Å²) in [6, 6.07) is 2.67. The van der Waals surface area contributed by atoms with Crippen molar-refractivity contribution in [2.75, 3.05) is 19.3 Å². The van der Waals surface area contributed by atoms with Crippen LogP contribution in [0.3, 0.4) is 0 Å². The minimum absolute atomic E-state index is 0.0503. The fourth-order valence-corrected chi connectivity index (χ4v) is 5.36. The minimum Gasteiger partial charge on any atom is -0.374 e. The molecular formula is C24H20F9N3O4S. The van der Waals surface area contributed by atoms with E-state index in [4.69, 9.17) is 0 Å². The van der Waals surface area contributed by atoms with Gasteiger partial charge in [-0.05, 0) is 42.3 Å². The van der Waals surface area contributed by atoms with Crippen LogP contribution >= 0.6 is 0 Å². The Morgan fingerprint density at radius 1 is 1.12 bits per heavy atom. The maximum absolute atomic E-state index is 14.9. The van der Waals surface area contributed by atoms with Gasteiger partial charge in [0.2, 0.25) is 10.0 Å². The molecule has 0 bridgehead atoms. The molecule has 2 aliphatic heterocycles. The van der Waals surface area contributed by atoms with Crippen LogP contribution in [0.2, 0.25) is 0 Å². The number of hydrogen-bond donors (Lipinski definition) is 1. The summed E-state index contributed by atoms with van der Waals surface area (Å²) in [7, 11) is -3.42. The van der Waals surface area contributed by atoms with Crippen molar-refractivity contribution < 1.29 is 57.6 Å². The molecule has 1 fully saturated rings. The van der Waals surface area contributed by atoms with Gasteiger partial charge < -0.3 is 10.2 Å². The maximum atomic E-state index is 14.9. The summed E-state index contributed by atoms with van der Waals surface area (Å²) in [5, 5.41) is 5.94. The number of nitrogens with zero attached hydrogens (tertiary/aromatic N) is 2. The SMILES string of the molecule is Cc1cc(C2=NO[C@](c3cc(C(F)(F)F)cc(C(F)F)c3F)(C(F)(F)F)C2)ccc1C(=O)NC1CN(S(C)(=O)=O)C1. The lowest BCUT2D eigenvalue weighted by Crippen LogP contribution is -2.60. The molecule has 1 amide bonds. The van der Waals surface area contributed by atoms with E-state index in [0.29, 0.717) is 0 Å². The second-order valence-electron chi connectivity index (χ2n) is 9.64. The third-order valence-electron chi connectivity index (χ3n) is 6.74. The zero-order valence-electron chi connectivity index (χ0n) is 21.0. The molecule has 224 valence electrons. The number of hydrogen-bond acceptors (Lipinski definition) is 5. The molecule has 0 radical (unpaired) electrons. The van der Waals surface area contributed by atoms with Gasteiger partial charge in [-0.1, -0.05) is 11.2 Å². The van der Waals surface area contributed by atoms with Crippen molar-refractivity contribution in [3.8, 4) is 0 Å². The number of aryl methyl sites for hydroxylation is 1. The van der Waals surface area contributed by atoms with E-state index < -0.39 is 81.0 Å². The largest absolute Gasteiger partial charge is 0.435 e. The van der Waals surface area contributed by atoms with Gasteiger partial charge in [-0.25, -0.2) is 21.6 Å². The zero-order chi connectivity index (χ0) is 30.7. The summed E-state index contributed by atoms with van der Waals surface area (Å²) in [6.45, 7) is 1.53. The topological polar surface area (TPSA) is 88.1 Å². The van der Waals surface area contributed by atoms with E-state index in [2.05, 4.69) is 15.3 Å². The Balaban J connectivity index is 1.63. The lowest BCUT2D eigenvalue weighted by atomic mass is 9.84. The minimum atomic E-state index is -5.60. The molecule has 2 aromatic carbocycles. The number of halogens is 9. The molecule has 0 unspecified atom stereocenters. The number of alkyl halides is 8. The molecule has 2 aliphatic rings. The standard InChI is InChI=1S/C24H20F9N3O4S/c1-11-5-12(3-4-15(11)21(37)34-14-9-36(10-14)41(2,38)39)18-8-22(40-35-18,24(31,32)33)17-7-13(23(28,29)30)6-16(19(17)25)20(26)27/h3-7,14,20H,8-10H2,1-2H3,(H,34,37)/t22-/m1/s1. The third-order valence-corrected chi connectivity index (χ3v) is 7.98. The molecule has 1 N–H and O–H groups in total. The monoisotopic (exact) mass is 617 g/mol. The highest BCUT2D eigenvalue weighted by molar-refractivity contribution is 7.88. The molecule has 2 heterocycles. The normalized spacial score (nSPS) is 20.5. The first-order valence-electron chi connectivity index (χ1n) is 11.6. The van der Waals surface area contributed by atoms with Crippen molar-refractivity contribution in [2.45, 2.75) is 43.8 Å². The van der Waals surface area contributed by atoms with E-state index >= 15 is 0 Å². The van der Waals surface area contributed by atoms with Gasteiger partial charge in [0.15, 0.2) is 0 Å². The van der Waals surface area contributed by atoms with E-state index in [0.717, 1.165) is 10.6 Å². The number of benzene rings is 2. The summed E-state index contributed by atoms with van der Waals surface area (Å²) in [5.41, 5.74) is -9.69. The summed E-state index contributed by atoms with van der Waals surface area (Å²) < 4.78 is 149. The molecule has 4 rings (SSSR count). The number of nitrogens with one attached hydrogen (secondary N) is 1. The molecule has 0 aromatic heterocycles. The van der Waals surface area contributed by atoms with Gasteiger partial charge >= 0.3 is 12.4 Å².